The van der Waals surface area contributed by atoms with Crippen LogP contribution in [0, 0.1) is 5.92 Å². The molecule has 202 valence electrons. The Morgan fingerprint density at radius 2 is 1.69 bits per heavy atom. The molecule has 6 rings (SSSR count). The van der Waals surface area contributed by atoms with Gasteiger partial charge in [0, 0.05) is 41.9 Å². The molecule has 1 atom stereocenters. The van der Waals surface area contributed by atoms with Crippen LogP contribution in [0.15, 0.2) is 93.7 Å². The highest BCUT2D eigenvalue weighted by atomic mass is 32.2. The molecular formula is C29H28N2O6S2. The molecule has 1 N–H and O–H groups in total. The molecule has 0 amide bonds. The van der Waals surface area contributed by atoms with Crippen molar-refractivity contribution in [2.75, 3.05) is 19.5 Å². The van der Waals surface area contributed by atoms with Crippen LogP contribution in [-0.4, -0.2) is 52.1 Å². The minimum Gasteiger partial charge on any atom is -0.348 e. The minimum atomic E-state index is -3.78. The van der Waals surface area contributed by atoms with Gasteiger partial charge in [-0.15, -0.1) is 0 Å². The molecule has 1 aliphatic heterocycles. The molecule has 1 unspecified atom stereocenters. The molecule has 10 heteroatoms. The number of hydrogen-bond acceptors (Lipinski definition) is 7. The van der Waals surface area contributed by atoms with E-state index in [1.807, 2.05) is 6.07 Å². The van der Waals surface area contributed by atoms with E-state index in [4.69, 9.17) is 9.47 Å². The van der Waals surface area contributed by atoms with Crippen LogP contribution in [-0.2, 0) is 29.1 Å². The molecule has 2 aromatic carbocycles. The number of aromatic amines is 1. The second kappa shape index (κ2) is 9.71. The first kappa shape index (κ1) is 25.9. The van der Waals surface area contributed by atoms with Gasteiger partial charge in [-0.3, -0.25) is 0 Å². The summed E-state index contributed by atoms with van der Waals surface area (Å²) < 4.78 is 63.0. The fourth-order valence-electron chi connectivity index (χ4n) is 5.48. The number of sulfone groups is 2. The summed E-state index contributed by atoms with van der Waals surface area (Å²) in [5, 5.41) is 0.486. The number of nitrogens with zero attached hydrogens (tertiary/aromatic N) is 1. The van der Waals surface area contributed by atoms with Crippen LogP contribution < -0.4 is 0 Å². The smallest absolute Gasteiger partial charge is 0.207 e. The van der Waals surface area contributed by atoms with Crippen LogP contribution in [0.25, 0.3) is 16.6 Å². The quantitative estimate of drug-likeness (QED) is 0.359. The van der Waals surface area contributed by atoms with E-state index < -0.39 is 25.5 Å². The average molecular weight is 565 g/mol. The molecule has 0 bridgehead atoms. The number of fused-ring (bicyclic) bond motifs is 1. The summed E-state index contributed by atoms with van der Waals surface area (Å²) in [6.45, 7) is 1.17. The number of H-pyrrole nitrogens is 1. The van der Waals surface area contributed by atoms with E-state index in [9.17, 15) is 16.8 Å². The van der Waals surface area contributed by atoms with E-state index in [1.165, 1.54) is 18.5 Å². The molecule has 39 heavy (non-hydrogen) atoms. The first-order valence-corrected chi connectivity index (χ1v) is 16.1. The Bertz CT molecular complexity index is 1770. The SMILES string of the molecule is CS(=O)(=O)c1ccc(C(=CC2CCC3(C2)OCCO3)c2cc3c(S(=O)(=O)c4ccccc4)ccnc3[nH]2)cc1. The Balaban J connectivity index is 1.46. The Morgan fingerprint density at radius 1 is 0.974 bits per heavy atom. The first-order valence-electron chi connectivity index (χ1n) is 12.7. The number of ether oxygens (including phenoxy) is 2. The van der Waals surface area contributed by atoms with Gasteiger partial charge in [0.25, 0.3) is 0 Å². The number of allylic oxidation sites excluding steroid dienone is 1. The van der Waals surface area contributed by atoms with E-state index in [-0.39, 0.29) is 20.6 Å². The van der Waals surface area contributed by atoms with Gasteiger partial charge in [-0.1, -0.05) is 36.4 Å². The summed E-state index contributed by atoms with van der Waals surface area (Å²) in [6.07, 6.45) is 7.18. The van der Waals surface area contributed by atoms with Crippen molar-refractivity contribution in [2.45, 2.75) is 39.7 Å². The summed E-state index contributed by atoms with van der Waals surface area (Å²) >= 11 is 0. The zero-order valence-electron chi connectivity index (χ0n) is 21.3. The molecule has 8 nitrogen and oxygen atoms in total. The third-order valence-electron chi connectivity index (χ3n) is 7.40. The molecule has 4 aromatic rings. The van der Waals surface area contributed by atoms with Crippen molar-refractivity contribution >= 4 is 36.3 Å². The molecule has 2 aliphatic rings. The molecule has 1 saturated carbocycles. The van der Waals surface area contributed by atoms with Gasteiger partial charge >= 0.3 is 0 Å². The van der Waals surface area contributed by atoms with E-state index >= 15 is 0 Å². The molecule has 1 spiro atoms. The van der Waals surface area contributed by atoms with Crippen LogP contribution in [0.3, 0.4) is 0 Å². The summed E-state index contributed by atoms with van der Waals surface area (Å²) in [6, 6.07) is 18.4. The maximum Gasteiger partial charge on any atom is 0.207 e. The Hall–Kier alpha value is -3.31. The van der Waals surface area contributed by atoms with Gasteiger partial charge < -0.3 is 14.5 Å². The molecule has 3 heterocycles. The van der Waals surface area contributed by atoms with Crippen LogP contribution in [0.2, 0.25) is 0 Å². The predicted molar refractivity (Wildman–Crippen MR) is 147 cm³/mol. The van der Waals surface area contributed by atoms with Crippen molar-refractivity contribution in [3.05, 3.63) is 90.3 Å². The maximum absolute atomic E-state index is 13.5. The molecule has 1 aliphatic carbocycles. The second-order valence-corrected chi connectivity index (χ2v) is 14.0. The van der Waals surface area contributed by atoms with Crippen LogP contribution >= 0.6 is 0 Å². The topological polar surface area (TPSA) is 115 Å². The Kier molecular flexibility index (Phi) is 6.46. The van der Waals surface area contributed by atoms with Crippen LogP contribution in [0.1, 0.15) is 30.5 Å². The molecular weight excluding hydrogens is 536 g/mol. The van der Waals surface area contributed by atoms with Gasteiger partial charge in [0.2, 0.25) is 9.84 Å². The fourth-order valence-corrected chi connectivity index (χ4v) is 7.56. The molecule has 2 aromatic heterocycles. The largest absolute Gasteiger partial charge is 0.348 e. The summed E-state index contributed by atoms with van der Waals surface area (Å²) in [5.74, 6) is -0.398. The van der Waals surface area contributed by atoms with E-state index in [1.54, 1.807) is 54.6 Å². The number of hydrogen-bond donors (Lipinski definition) is 1. The number of aromatic nitrogens is 2. The first-order chi connectivity index (χ1) is 18.6. The monoisotopic (exact) mass is 564 g/mol. The van der Waals surface area contributed by atoms with E-state index in [0.29, 0.717) is 36.4 Å². The number of nitrogens with one attached hydrogen (secondary N) is 1. The third-order valence-corrected chi connectivity index (χ3v) is 10.4. The highest BCUT2D eigenvalue weighted by Crippen LogP contribution is 2.43. The predicted octanol–water partition coefficient (Wildman–Crippen LogP) is 4.77. The van der Waals surface area contributed by atoms with Crippen molar-refractivity contribution in [2.24, 2.45) is 5.92 Å². The second-order valence-electron chi connectivity index (χ2n) is 10.1. The molecule has 0 radical (unpaired) electrons. The highest BCUT2D eigenvalue weighted by Gasteiger charge is 2.43. The molecule has 2 fully saturated rings. The summed E-state index contributed by atoms with van der Waals surface area (Å²) in [5.41, 5.74) is 2.77. The van der Waals surface area contributed by atoms with E-state index in [0.717, 1.165) is 24.0 Å². The average Bonchev–Trinajstić information content (AvgIpc) is 3.67. The van der Waals surface area contributed by atoms with Crippen molar-refractivity contribution in [3.8, 4) is 0 Å². The van der Waals surface area contributed by atoms with Gasteiger partial charge in [-0.25, -0.2) is 21.8 Å². The van der Waals surface area contributed by atoms with Gasteiger partial charge in [-0.05, 0) is 54.3 Å². The van der Waals surface area contributed by atoms with Crippen molar-refractivity contribution in [3.63, 3.8) is 0 Å². The highest BCUT2D eigenvalue weighted by molar-refractivity contribution is 7.91. The zero-order valence-corrected chi connectivity index (χ0v) is 23.0. The van der Waals surface area contributed by atoms with Gasteiger partial charge in [0.05, 0.1) is 27.9 Å². The van der Waals surface area contributed by atoms with Crippen LogP contribution in [0.4, 0.5) is 0 Å². The number of pyridine rings is 1. The maximum atomic E-state index is 13.5. The number of rotatable bonds is 6. The van der Waals surface area contributed by atoms with Crippen molar-refractivity contribution in [1.82, 2.24) is 9.97 Å². The summed E-state index contributed by atoms with van der Waals surface area (Å²) in [4.78, 5) is 8.33. The van der Waals surface area contributed by atoms with Gasteiger partial charge in [0.15, 0.2) is 15.6 Å². The summed E-state index contributed by atoms with van der Waals surface area (Å²) in [7, 11) is -7.13. The van der Waals surface area contributed by atoms with Gasteiger partial charge in [-0.2, -0.15) is 0 Å². The lowest BCUT2D eigenvalue weighted by Crippen LogP contribution is -2.25. The number of benzene rings is 2. The Morgan fingerprint density at radius 3 is 2.38 bits per heavy atom. The van der Waals surface area contributed by atoms with E-state index in [2.05, 4.69) is 16.0 Å². The van der Waals surface area contributed by atoms with Crippen molar-refractivity contribution < 1.29 is 26.3 Å². The Labute approximate surface area is 227 Å². The third kappa shape index (κ3) is 4.93. The lowest BCUT2D eigenvalue weighted by atomic mass is 9.96. The lowest BCUT2D eigenvalue weighted by Gasteiger charge is -2.21. The zero-order chi connectivity index (χ0) is 27.3. The van der Waals surface area contributed by atoms with Crippen LogP contribution in [0.5, 0.6) is 0 Å². The normalized spacial score (nSPS) is 19.7. The molecule has 1 saturated heterocycles. The van der Waals surface area contributed by atoms with Gasteiger partial charge in [0.1, 0.15) is 5.65 Å². The lowest BCUT2D eigenvalue weighted by molar-refractivity contribution is -0.151. The fraction of sp³-hybridized carbons (Fsp3) is 0.276. The minimum absolute atomic E-state index is 0.152. The van der Waals surface area contributed by atoms with Crippen molar-refractivity contribution in [1.29, 1.82) is 0 Å². The standard InChI is InChI=1S/C29H28N2O6S2/c1-38(32,33)22-9-7-21(8-10-22)24(17-20-11-13-29(19-20)36-15-16-37-29)26-18-25-27(12-14-30-28(25)31-26)39(34,35)23-5-3-2-4-6-23/h2-10,12,14,17-18,20H,11,13,15-16,19H2,1H3,(H,30,31).